The zero-order valence-corrected chi connectivity index (χ0v) is 21.5. The van der Waals surface area contributed by atoms with E-state index in [-0.39, 0.29) is 23.6 Å². The molecule has 204 valence electrons. The number of carbonyl (C=O) groups is 2. The first kappa shape index (κ1) is 31.1. The number of amides is 2. The molecule has 0 fully saturated rings. The summed E-state index contributed by atoms with van der Waals surface area (Å²) in [4.78, 5) is 22.5. The topological polar surface area (TPSA) is 72.2 Å². The van der Waals surface area contributed by atoms with Gasteiger partial charge in [-0.3, -0.25) is 9.59 Å². The first-order valence-electron chi connectivity index (χ1n) is 9.83. The van der Waals surface area contributed by atoms with Crippen molar-refractivity contribution < 1.29 is 49.1 Å². The summed E-state index contributed by atoms with van der Waals surface area (Å²) in [5, 5.41) is 2.13. The van der Waals surface area contributed by atoms with Crippen LogP contribution in [0.5, 0.6) is 0 Å². The molecule has 0 aliphatic heterocycles. The van der Waals surface area contributed by atoms with E-state index in [9.17, 15) is 49.1 Å². The van der Waals surface area contributed by atoms with Gasteiger partial charge in [0.15, 0.2) is 0 Å². The molecule has 0 radical (unpaired) electrons. The molecule has 0 aliphatic carbocycles. The van der Waals surface area contributed by atoms with Crippen molar-refractivity contribution in [2.75, 3.05) is 5.32 Å². The molecule has 0 bridgehead atoms. The van der Waals surface area contributed by atoms with Gasteiger partial charge in [0.25, 0.3) is 5.91 Å². The van der Waals surface area contributed by atoms with Crippen LogP contribution in [-0.2, 0) is 5.67 Å². The monoisotopic (exact) mass is 678 g/mol. The molecule has 0 saturated carbocycles. The van der Waals surface area contributed by atoms with Crippen LogP contribution < -0.4 is 11.1 Å². The number of nitrogens with one attached hydrogen (secondary N) is 1. The SMILES string of the molecule is NC(=O)c1ccc(F)cc1.O=C(Nc1c(Br)cc(C(F)(C(F)(F)F)C(F)(F)F)cc1Br)c1ccccc1F. The lowest BCUT2D eigenvalue weighted by molar-refractivity contribution is -0.348. The van der Waals surface area contributed by atoms with Crippen LogP contribution in [0.15, 0.2) is 69.6 Å². The van der Waals surface area contributed by atoms with Crippen LogP contribution in [-0.4, -0.2) is 24.2 Å². The number of nitrogens with two attached hydrogens (primary N) is 1. The van der Waals surface area contributed by atoms with Crippen LogP contribution in [0.2, 0.25) is 0 Å². The maximum atomic E-state index is 14.2. The van der Waals surface area contributed by atoms with Gasteiger partial charge in [-0.05, 0) is 80.4 Å². The van der Waals surface area contributed by atoms with Crippen molar-refractivity contribution in [1.29, 1.82) is 0 Å². The van der Waals surface area contributed by atoms with Gasteiger partial charge < -0.3 is 11.1 Å². The number of halogens is 11. The summed E-state index contributed by atoms with van der Waals surface area (Å²) in [5.74, 6) is -2.84. The Hall–Kier alpha value is -3.07. The van der Waals surface area contributed by atoms with Crippen LogP contribution in [0.4, 0.5) is 45.2 Å². The minimum atomic E-state index is -6.29. The Morgan fingerprint density at radius 2 is 1.24 bits per heavy atom. The van der Waals surface area contributed by atoms with Gasteiger partial charge in [0.05, 0.1) is 11.3 Å². The molecule has 15 heteroatoms. The van der Waals surface area contributed by atoms with Gasteiger partial charge in [-0.25, -0.2) is 13.2 Å². The first-order valence-corrected chi connectivity index (χ1v) is 11.4. The Kier molecular flexibility index (Phi) is 9.64. The molecule has 0 heterocycles. The van der Waals surface area contributed by atoms with Gasteiger partial charge in [-0.1, -0.05) is 12.1 Å². The van der Waals surface area contributed by atoms with E-state index in [1.54, 1.807) is 0 Å². The molecule has 2 amide bonds. The number of anilines is 1. The van der Waals surface area contributed by atoms with E-state index in [1.165, 1.54) is 36.4 Å². The Labute approximate surface area is 225 Å². The van der Waals surface area contributed by atoms with Crippen molar-refractivity contribution in [2.45, 2.75) is 18.0 Å². The molecule has 0 spiro atoms. The number of primary amides is 1. The van der Waals surface area contributed by atoms with Gasteiger partial charge in [0.2, 0.25) is 5.91 Å². The highest BCUT2D eigenvalue weighted by Gasteiger charge is 2.73. The summed E-state index contributed by atoms with van der Waals surface area (Å²) in [5.41, 5.74) is -2.91. The highest BCUT2D eigenvalue weighted by molar-refractivity contribution is 9.11. The van der Waals surface area contributed by atoms with E-state index in [4.69, 9.17) is 5.73 Å². The fourth-order valence-corrected chi connectivity index (χ4v) is 4.20. The lowest BCUT2D eigenvalue weighted by Crippen LogP contribution is -2.50. The molecule has 38 heavy (non-hydrogen) atoms. The minimum Gasteiger partial charge on any atom is -0.366 e. The second kappa shape index (κ2) is 11.8. The van der Waals surface area contributed by atoms with Gasteiger partial charge in [-0.15, -0.1) is 0 Å². The Bertz CT molecular complexity index is 1290. The molecule has 0 atom stereocenters. The molecule has 4 nitrogen and oxygen atoms in total. The molecule has 0 aliphatic rings. The third-order valence-corrected chi connectivity index (χ3v) is 5.96. The van der Waals surface area contributed by atoms with Crippen molar-refractivity contribution >= 4 is 49.4 Å². The zero-order chi connectivity index (χ0) is 29.1. The standard InChI is InChI=1S/C16H7Br2F8NO.C7H6FNO/c17-9-5-7(14(20,15(21,22)23)16(24,25)26)6-10(18)12(9)27-13(28)8-3-1-2-4-11(8)19;8-6-3-1-5(2-4-6)7(9)10/h1-6H,(H,27,28);1-4H,(H2,9,10). The number of alkyl halides is 7. The van der Waals surface area contributed by atoms with E-state index in [0.29, 0.717) is 5.56 Å². The van der Waals surface area contributed by atoms with Gasteiger partial charge in [-0.2, -0.15) is 26.3 Å². The van der Waals surface area contributed by atoms with Crippen molar-refractivity contribution in [3.8, 4) is 0 Å². The molecule has 0 saturated heterocycles. The van der Waals surface area contributed by atoms with Crippen molar-refractivity contribution in [1.82, 2.24) is 0 Å². The summed E-state index contributed by atoms with van der Waals surface area (Å²) in [6.07, 6.45) is -12.6. The number of carbonyl (C=O) groups excluding carboxylic acids is 2. The van der Waals surface area contributed by atoms with Crippen LogP contribution >= 0.6 is 31.9 Å². The van der Waals surface area contributed by atoms with Crippen LogP contribution in [0.1, 0.15) is 26.3 Å². The summed E-state index contributed by atoms with van der Waals surface area (Å²) in [6, 6.07) is 10.3. The molecular weight excluding hydrogens is 667 g/mol. The average Bonchev–Trinajstić information content (AvgIpc) is 2.80. The van der Waals surface area contributed by atoms with E-state index in [1.807, 2.05) is 0 Å². The average molecular weight is 680 g/mol. The maximum Gasteiger partial charge on any atom is 0.435 e. The van der Waals surface area contributed by atoms with Crippen LogP contribution in [0.3, 0.4) is 0 Å². The summed E-state index contributed by atoms with van der Waals surface area (Å²) < 4.78 is 116. The molecule has 0 aromatic heterocycles. The summed E-state index contributed by atoms with van der Waals surface area (Å²) in [7, 11) is 0. The molecular formula is C23H13Br2F9N2O2. The van der Waals surface area contributed by atoms with Crippen molar-refractivity contribution in [3.05, 3.63) is 97.9 Å². The zero-order valence-electron chi connectivity index (χ0n) is 18.3. The summed E-state index contributed by atoms with van der Waals surface area (Å²) in [6.45, 7) is 0. The smallest absolute Gasteiger partial charge is 0.366 e. The Balaban J connectivity index is 0.000000423. The lowest BCUT2D eigenvalue weighted by atomic mass is 9.94. The van der Waals surface area contributed by atoms with E-state index < -0.39 is 55.7 Å². The highest BCUT2D eigenvalue weighted by atomic mass is 79.9. The third kappa shape index (κ3) is 6.87. The van der Waals surface area contributed by atoms with Gasteiger partial charge >= 0.3 is 18.0 Å². The predicted octanol–water partition coefficient (Wildman–Crippen LogP) is 7.82. The highest BCUT2D eigenvalue weighted by Crippen LogP contribution is 2.54. The Morgan fingerprint density at radius 3 is 1.66 bits per heavy atom. The predicted molar refractivity (Wildman–Crippen MR) is 126 cm³/mol. The largest absolute Gasteiger partial charge is 0.435 e. The second-order valence-corrected chi connectivity index (χ2v) is 8.98. The van der Waals surface area contributed by atoms with E-state index in [0.717, 1.165) is 12.1 Å². The lowest BCUT2D eigenvalue weighted by Gasteiger charge is -2.31. The minimum absolute atomic E-state index is 0.239. The van der Waals surface area contributed by atoms with E-state index in [2.05, 4.69) is 37.2 Å². The fourth-order valence-electron chi connectivity index (χ4n) is 2.82. The summed E-state index contributed by atoms with van der Waals surface area (Å²) >= 11 is 5.41. The van der Waals surface area contributed by atoms with Gasteiger partial charge in [0, 0.05) is 20.1 Å². The normalized spacial score (nSPS) is 11.9. The number of benzene rings is 3. The molecule has 3 aromatic carbocycles. The molecule has 3 N–H and O–H groups in total. The van der Waals surface area contributed by atoms with Gasteiger partial charge in [0.1, 0.15) is 11.6 Å². The fraction of sp³-hybridized carbons (Fsp3) is 0.130. The van der Waals surface area contributed by atoms with Crippen molar-refractivity contribution in [2.24, 2.45) is 5.73 Å². The molecule has 3 rings (SSSR count). The maximum absolute atomic E-state index is 14.2. The second-order valence-electron chi connectivity index (χ2n) is 7.27. The number of hydrogen-bond acceptors (Lipinski definition) is 2. The Morgan fingerprint density at radius 1 is 0.763 bits per heavy atom. The molecule has 0 unspecified atom stereocenters. The van der Waals surface area contributed by atoms with E-state index >= 15 is 0 Å². The van der Waals surface area contributed by atoms with Crippen LogP contribution in [0.25, 0.3) is 0 Å². The quantitative estimate of drug-likeness (QED) is 0.276. The van der Waals surface area contributed by atoms with Crippen LogP contribution in [0, 0.1) is 11.6 Å². The first-order chi connectivity index (χ1) is 17.4. The molecule has 3 aromatic rings. The van der Waals surface area contributed by atoms with Crippen molar-refractivity contribution in [3.63, 3.8) is 0 Å². The number of hydrogen-bond donors (Lipinski definition) is 2. The number of rotatable bonds is 4. The third-order valence-electron chi connectivity index (χ3n) is 4.71.